The van der Waals surface area contributed by atoms with E-state index in [1.807, 2.05) is 0 Å². The summed E-state index contributed by atoms with van der Waals surface area (Å²) >= 11 is 5.83. The molecule has 22 heavy (non-hydrogen) atoms. The summed E-state index contributed by atoms with van der Waals surface area (Å²) in [5.41, 5.74) is 0.993. The van der Waals surface area contributed by atoms with Crippen molar-refractivity contribution < 1.29 is 14.3 Å². The van der Waals surface area contributed by atoms with Crippen LogP contribution in [0.15, 0.2) is 36.5 Å². The van der Waals surface area contributed by atoms with E-state index in [9.17, 15) is 14.3 Å². The van der Waals surface area contributed by atoms with Crippen LogP contribution in [0.4, 0.5) is 4.39 Å². The van der Waals surface area contributed by atoms with Crippen molar-refractivity contribution in [1.82, 2.24) is 9.88 Å². The lowest BCUT2D eigenvalue weighted by molar-refractivity contribution is 0.0598. The third-order valence-electron chi connectivity index (χ3n) is 3.75. The predicted octanol–water partition coefficient (Wildman–Crippen LogP) is 3.15. The molecule has 1 aromatic carbocycles. The number of benzene rings is 1. The normalized spacial score (nSPS) is 15.6. The molecule has 1 aliphatic rings. The molecule has 4 nitrogen and oxygen atoms in total. The van der Waals surface area contributed by atoms with Crippen LogP contribution in [0.2, 0.25) is 5.02 Å². The summed E-state index contributed by atoms with van der Waals surface area (Å²) in [5.74, 6) is -0.539. The largest absolute Gasteiger partial charge is 0.387 e. The van der Waals surface area contributed by atoms with Crippen LogP contribution in [0.25, 0.3) is 0 Å². The van der Waals surface area contributed by atoms with Gasteiger partial charge in [0, 0.05) is 12.2 Å². The Bertz CT molecular complexity index is 667. The molecule has 1 amide bonds. The summed E-state index contributed by atoms with van der Waals surface area (Å²) in [7, 11) is 0. The lowest BCUT2D eigenvalue weighted by atomic mass is 10.1. The monoisotopic (exact) mass is 322 g/mol. The zero-order valence-electron chi connectivity index (χ0n) is 11.8. The molecule has 2 aromatic rings. The number of nitrogens with zero attached hydrogens (tertiary/aromatic N) is 1. The van der Waals surface area contributed by atoms with Gasteiger partial charge in [-0.25, -0.2) is 4.39 Å². The number of halogens is 2. The van der Waals surface area contributed by atoms with E-state index in [1.165, 1.54) is 24.3 Å². The third-order valence-corrected chi connectivity index (χ3v) is 3.97. The predicted molar refractivity (Wildman–Crippen MR) is 81.2 cm³/mol. The molecule has 0 saturated heterocycles. The second-order valence-electron chi connectivity index (χ2n) is 5.49. The van der Waals surface area contributed by atoms with E-state index in [0.717, 1.165) is 12.8 Å². The van der Waals surface area contributed by atoms with Crippen LogP contribution in [-0.4, -0.2) is 33.5 Å². The minimum atomic E-state index is -0.851. The van der Waals surface area contributed by atoms with Gasteiger partial charge in [0.2, 0.25) is 0 Å². The van der Waals surface area contributed by atoms with Crippen molar-refractivity contribution in [3.63, 3.8) is 0 Å². The fraction of sp³-hybridized carbons (Fsp3) is 0.312. The van der Waals surface area contributed by atoms with E-state index in [-0.39, 0.29) is 24.3 Å². The number of aliphatic hydroxyl groups excluding tert-OH is 1. The summed E-state index contributed by atoms with van der Waals surface area (Å²) in [6.07, 6.45) is 2.55. The maximum absolute atomic E-state index is 12.9. The number of aromatic amines is 1. The number of nitrogens with one attached hydrogen (secondary N) is 1. The van der Waals surface area contributed by atoms with Crippen LogP contribution < -0.4 is 0 Å². The lowest BCUT2D eigenvalue weighted by Crippen LogP contribution is -2.36. The Balaban J connectivity index is 1.74. The average molecular weight is 323 g/mol. The van der Waals surface area contributed by atoms with Crippen LogP contribution in [0, 0.1) is 5.82 Å². The van der Waals surface area contributed by atoms with Gasteiger partial charge in [-0.15, -0.1) is 0 Å². The zero-order valence-corrected chi connectivity index (χ0v) is 12.6. The molecule has 1 saturated carbocycles. The number of aliphatic hydroxyl groups is 1. The molecule has 1 aromatic heterocycles. The molecule has 0 spiro atoms. The Hall–Kier alpha value is -1.85. The molecule has 116 valence electrons. The molecule has 0 aliphatic heterocycles. The summed E-state index contributed by atoms with van der Waals surface area (Å²) in [6.45, 7) is 0.172. The van der Waals surface area contributed by atoms with Crippen LogP contribution in [0.3, 0.4) is 0 Å². The van der Waals surface area contributed by atoms with E-state index >= 15 is 0 Å². The van der Waals surface area contributed by atoms with Gasteiger partial charge in [0.1, 0.15) is 11.5 Å². The molecule has 6 heteroatoms. The number of carbonyl (C=O) groups is 1. The maximum atomic E-state index is 12.9. The van der Waals surface area contributed by atoms with Gasteiger partial charge in [-0.05, 0) is 36.6 Å². The van der Waals surface area contributed by atoms with Crippen molar-refractivity contribution >= 4 is 17.5 Å². The molecule has 0 bridgehead atoms. The zero-order chi connectivity index (χ0) is 15.7. The molecule has 1 fully saturated rings. The van der Waals surface area contributed by atoms with Crippen molar-refractivity contribution in [2.75, 3.05) is 6.54 Å². The van der Waals surface area contributed by atoms with Crippen LogP contribution in [0.5, 0.6) is 0 Å². The highest BCUT2D eigenvalue weighted by Crippen LogP contribution is 2.30. The molecular weight excluding hydrogens is 307 g/mol. The first-order valence-corrected chi connectivity index (χ1v) is 7.51. The molecule has 1 heterocycles. The second kappa shape index (κ2) is 6.10. The van der Waals surface area contributed by atoms with E-state index in [0.29, 0.717) is 16.3 Å². The van der Waals surface area contributed by atoms with Gasteiger partial charge in [-0.2, -0.15) is 0 Å². The molecule has 0 radical (unpaired) electrons. The highest BCUT2D eigenvalue weighted by atomic mass is 35.5. The van der Waals surface area contributed by atoms with Gasteiger partial charge in [0.05, 0.1) is 17.7 Å². The Morgan fingerprint density at radius 1 is 1.41 bits per heavy atom. The van der Waals surface area contributed by atoms with Crippen molar-refractivity contribution in [3.05, 3.63) is 58.6 Å². The summed E-state index contributed by atoms with van der Waals surface area (Å²) in [6, 6.07) is 7.37. The smallest absolute Gasteiger partial charge is 0.270 e. The Morgan fingerprint density at radius 2 is 2.09 bits per heavy atom. The topological polar surface area (TPSA) is 56.3 Å². The number of H-pyrrole nitrogens is 1. The summed E-state index contributed by atoms with van der Waals surface area (Å²) < 4.78 is 12.9. The van der Waals surface area contributed by atoms with Crippen LogP contribution >= 0.6 is 11.6 Å². The van der Waals surface area contributed by atoms with Crippen molar-refractivity contribution in [2.45, 2.75) is 25.0 Å². The number of hydrogen-bond donors (Lipinski definition) is 2. The minimum Gasteiger partial charge on any atom is -0.387 e. The standard InChI is InChI=1S/C16H16ClFN2O2/c17-11-7-14(19-8-11)16(22)20(13-5-6-13)9-15(21)10-1-3-12(18)4-2-10/h1-4,7-8,13,15,19,21H,5-6,9H2. The number of amides is 1. The fourth-order valence-corrected chi connectivity index (χ4v) is 2.57. The summed E-state index contributed by atoms with van der Waals surface area (Å²) in [4.78, 5) is 17.0. The second-order valence-corrected chi connectivity index (χ2v) is 5.92. The van der Waals surface area contributed by atoms with Crippen LogP contribution in [0.1, 0.15) is 35.0 Å². The molecule has 1 atom stereocenters. The quantitative estimate of drug-likeness (QED) is 0.888. The first-order chi connectivity index (χ1) is 10.5. The lowest BCUT2D eigenvalue weighted by Gasteiger charge is -2.25. The molecule has 2 N–H and O–H groups in total. The number of aromatic nitrogens is 1. The average Bonchev–Trinajstić information content (AvgIpc) is 3.25. The first-order valence-electron chi connectivity index (χ1n) is 7.13. The third kappa shape index (κ3) is 3.31. The van der Waals surface area contributed by atoms with E-state index in [2.05, 4.69) is 4.98 Å². The SMILES string of the molecule is O=C(c1cc(Cl)c[nH]1)N(CC(O)c1ccc(F)cc1)C1CC1. The molecule has 1 aliphatic carbocycles. The van der Waals surface area contributed by atoms with Gasteiger partial charge in [-0.1, -0.05) is 23.7 Å². The highest BCUT2D eigenvalue weighted by molar-refractivity contribution is 6.30. The van der Waals surface area contributed by atoms with Gasteiger partial charge in [0.25, 0.3) is 5.91 Å². The van der Waals surface area contributed by atoms with Gasteiger partial charge < -0.3 is 15.0 Å². The van der Waals surface area contributed by atoms with E-state index in [1.54, 1.807) is 17.2 Å². The maximum Gasteiger partial charge on any atom is 0.270 e. The van der Waals surface area contributed by atoms with Crippen molar-refractivity contribution in [1.29, 1.82) is 0 Å². The van der Waals surface area contributed by atoms with Crippen molar-refractivity contribution in [3.8, 4) is 0 Å². The van der Waals surface area contributed by atoms with Gasteiger partial charge >= 0.3 is 0 Å². The number of hydrogen-bond acceptors (Lipinski definition) is 2. The number of rotatable bonds is 5. The molecule has 1 unspecified atom stereocenters. The van der Waals surface area contributed by atoms with Gasteiger partial charge in [-0.3, -0.25) is 4.79 Å². The van der Waals surface area contributed by atoms with Gasteiger partial charge in [0.15, 0.2) is 0 Å². The minimum absolute atomic E-state index is 0.143. The molecule has 3 rings (SSSR count). The Kier molecular flexibility index (Phi) is 4.18. The molecular formula is C16H16ClFN2O2. The van der Waals surface area contributed by atoms with E-state index < -0.39 is 6.10 Å². The fourth-order valence-electron chi connectivity index (χ4n) is 2.41. The Morgan fingerprint density at radius 3 is 2.64 bits per heavy atom. The van der Waals surface area contributed by atoms with Crippen molar-refractivity contribution in [2.24, 2.45) is 0 Å². The summed E-state index contributed by atoms with van der Waals surface area (Å²) in [5, 5.41) is 10.8. The first kappa shape index (κ1) is 15.1. The van der Waals surface area contributed by atoms with E-state index in [4.69, 9.17) is 11.6 Å². The number of carbonyl (C=O) groups excluding carboxylic acids is 1. The Labute approximate surface area is 132 Å². The highest BCUT2D eigenvalue weighted by Gasteiger charge is 2.35. The van der Waals surface area contributed by atoms with Crippen LogP contribution in [-0.2, 0) is 0 Å².